The van der Waals surface area contributed by atoms with E-state index in [0.29, 0.717) is 24.2 Å². The minimum Gasteiger partial charge on any atom is -0.468 e. The lowest BCUT2D eigenvalue weighted by molar-refractivity contribution is -0.0772. The maximum Gasteiger partial charge on any atom is 0.271 e. The molecule has 2 aromatic heterocycles. The van der Waals surface area contributed by atoms with Crippen molar-refractivity contribution in [3.63, 3.8) is 0 Å². The molecule has 1 N–H and O–H groups in total. The molecule has 0 radical (unpaired) electrons. The number of furan rings is 1. The van der Waals surface area contributed by atoms with Crippen LogP contribution in [0.4, 0.5) is 0 Å². The quantitative estimate of drug-likeness (QED) is 0.886. The summed E-state index contributed by atoms with van der Waals surface area (Å²) in [5.74, 6) is 1.13. The zero-order chi connectivity index (χ0) is 17.1. The largest absolute Gasteiger partial charge is 0.468 e. The third-order valence-corrected chi connectivity index (χ3v) is 5.09. The van der Waals surface area contributed by atoms with E-state index in [4.69, 9.17) is 9.15 Å². The molecule has 0 spiro atoms. The molecule has 3 unspecified atom stereocenters. The van der Waals surface area contributed by atoms with E-state index < -0.39 is 0 Å². The Morgan fingerprint density at radius 1 is 1.36 bits per heavy atom. The summed E-state index contributed by atoms with van der Waals surface area (Å²) in [7, 11) is 0. The Kier molecular flexibility index (Phi) is 4.76. The summed E-state index contributed by atoms with van der Waals surface area (Å²) in [5, 5.41) is 2.98. The van der Waals surface area contributed by atoms with Crippen LogP contribution in [0.15, 0.2) is 41.4 Å². The molecule has 1 amide bonds. The summed E-state index contributed by atoms with van der Waals surface area (Å²) in [6.07, 6.45) is 8.56. The summed E-state index contributed by atoms with van der Waals surface area (Å²) in [5.41, 5.74) is 0.348. The third-order valence-electron chi connectivity index (χ3n) is 5.09. The maximum absolute atomic E-state index is 12.2. The van der Waals surface area contributed by atoms with Crippen LogP contribution in [0.1, 0.15) is 29.1 Å². The van der Waals surface area contributed by atoms with Crippen LogP contribution in [0.5, 0.6) is 0 Å². The first kappa shape index (κ1) is 16.2. The number of fused-ring (bicyclic) bond motifs is 1. The molecule has 2 aromatic rings. The summed E-state index contributed by atoms with van der Waals surface area (Å²) >= 11 is 0. The number of aromatic nitrogens is 2. The number of carbonyl (C=O) groups is 1. The van der Waals surface area contributed by atoms with Crippen molar-refractivity contribution in [2.75, 3.05) is 19.7 Å². The molecule has 1 saturated carbocycles. The molecule has 3 heterocycles. The van der Waals surface area contributed by atoms with Crippen molar-refractivity contribution in [3.8, 4) is 0 Å². The minimum absolute atomic E-state index is 0.158. The molecule has 1 aliphatic heterocycles. The van der Waals surface area contributed by atoms with Crippen LogP contribution in [0.2, 0.25) is 0 Å². The number of morpholine rings is 1. The van der Waals surface area contributed by atoms with Crippen LogP contribution in [0.3, 0.4) is 0 Å². The number of nitrogens with zero attached hydrogens (tertiary/aromatic N) is 3. The van der Waals surface area contributed by atoms with Crippen LogP contribution >= 0.6 is 0 Å². The fourth-order valence-electron chi connectivity index (χ4n) is 3.88. The van der Waals surface area contributed by atoms with Crippen molar-refractivity contribution in [3.05, 3.63) is 48.4 Å². The SMILES string of the molecule is O=C(NCC1CCC2C1OCCN2Cc1ccco1)c1cnccn1. The highest BCUT2D eigenvalue weighted by Crippen LogP contribution is 2.35. The van der Waals surface area contributed by atoms with E-state index >= 15 is 0 Å². The molecule has 1 saturated heterocycles. The van der Waals surface area contributed by atoms with Gasteiger partial charge in [0, 0.05) is 37.4 Å². The van der Waals surface area contributed by atoms with Crippen LogP contribution in [0.25, 0.3) is 0 Å². The molecule has 0 aromatic carbocycles. The number of amides is 1. The third kappa shape index (κ3) is 3.57. The first-order valence-electron chi connectivity index (χ1n) is 8.73. The predicted octanol–water partition coefficient (Wildman–Crippen LogP) is 1.48. The van der Waals surface area contributed by atoms with Gasteiger partial charge in [0.1, 0.15) is 11.5 Å². The van der Waals surface area contributed by atoms with Crippen molar-refractivity contribution in [1.29, 1.82) is 0 Å². The molecule has 3 atom stereocenters. The fourth-order valence-corrected chi connectivity index (χ4v) is 3.88. The van der Waals surface area contributed by atoms with E-state index in [1.54, 1.807) is 12.5 Å². The van der Waals surface area contributed by atoms with Gasteiger partial charge in [0.05, 0.1) is 31.7 Å². The number of ether oxygens (including phenoxy) is 1. The van der Waals surface area contributed by atoms with E-state index in [-0.39, 0.29) is 12.0 Å². The van der Waals surface area contributed by atoms with Crippen molar-refractivity contribution in [2.45, 2.75) is 31.5 Å². The van der Waals surface area contributed by atoms with E-state index in [0.717, 1.165) is 38.3 Å². The normalized spacial score (nSPS) is 26.3. The number of hydrogen-bond donors (Lipinski definition) is 1. The van der Waals surface area contributed by atoms with Gasteiger partial charge in [-0.25, -0.2) is 4.98 Å². The summed E-state index contributed by atoms with van der Waals surface area (Å²) < 4.78 is 11.5. The molecule has 2 aliphatic rings. The van der Waals surface area contributed by atoms with Crippen LogP contribution in [-0.2, 0) is 11.3 Å². The highest BCUT2D eigenvalue weighted by molar-refractivity contribution is 5.91. The lowest BCUT2D eigenvalue weighted by Crippen LogP contribution is -2.50. The van der Waals surface area contributed by atoms with Gasteiger partial charge in [-0.15, -0.1) is 0 Å². The summed E-state index contributed by atoms with van der Waals surface area (Å²) in [6.45, 7) is 3.05. The molecule has 132 valence electrons. The molecule has 2 fully saturated rings. The van der Waals surface area contributed by atoms with Gasteiger partial charge in [0.25, 0.3) is 5.91 Å². The zero-order valence-corrected chi connectivity index (χ0v) is 14.0. The number of rotatable bonds is 5. The molecule has 1 aliphatic carbocycles. The smallest absolute Gasteiger partial charge is 0.271 e. The van der Waals surface area contributed by atoms with E-state index in [2.05, 4.69) is 20.2 Å². The summed E-state index contributed by atoms with van der Waals surface area (Å²) in [4.78, 5) is 22.6. The fraction of sp³-hybridized carbons (Fsp3) is 0.500. The molecule has 0 bridgehead atoms. The Hall–Kier alpha value is -2.25. The molecule has 7 nitrogen and oxygen atoms in total. The Morgan fingerprint density at radius 2 is 2.32 bits per heavy atom. The minimum atomic E-state index is -0.181. The van der Waals surface area contributed by atoms with Gasteiger partial charge in [-0.3, -0.25) is 14.7 Å². The lowest BCUT2D eigenvalue weighted by Gasteiger charge is -2.38. The topological polar surface area (TPSA) is 80.5 Å². The lowest BCUT2D eigenvalue weighted by atomic mass is 10.0. The molecular formula is C18H22N4O3. The second kappa shape index (κ2) is 7.33. The maximum atomic E-state index is 12.2. The first-order chi connectivity index (χ1) is 12.3. The molecule has 4 rings (SSSR count). The standard InChI is InChI=1S/C18H22N4O3/c23-18(15-11-19-5-6-20-15)21-10-13-3-4-16-17(13)25-9-7-22(16)12-14-2-1-8-24-14/h1-2,5-6,8,11,13,16-17H,3-4,7,9-10,12H2,(H,21,23). The Morgan fingerprint density at radius 3 is 3.12 bits per heavy atom. The second-order valence-corrected chi connectivity index (χ2v) is 6.59. The zero-order valence-electron chi connectivity index (χ0n) is 14.0. The van der Waals surface area contributed by atoms with E-state index in [9.17, 15) is 4.79 Å². The van der Waals surface area contributed by atoms with Gasteiger partial charge in [-0.2, -0.15) is 0 Å². The van der Waals surface area contributed by atoms with Crippen LogP contribution in [0, 0.1) is 5.92 Å². The van der Waals surface area contributed by atoms with Crippen molar-refractivity contribution in [2.24, 2.45) is 5.92 Å². The second-order valence-electron chi connectivity index (χ2n) is 6.59. The van der Waals surface area contributed by atoms with Crippen LogP contribution < -0.4 is 5.32 Å². The summed E-state index contributed by atoms with van der Waals surface area (Å²) in [6, 6.07) is 4.32. The molecular weight excluding hydrogens is 320 g/mol. The van der Waals surface area contributed by atoms with Gasteiger partial charge < -0.3 is 14.5 Å². The highest BCUT2D eigenvalue weighted by atomic mass is 16.5. The Balaban J connectivity index is 1.34. The average molecular weight is 342 g/mol. The Labute approximate surface area is 146 Å². The number of carbonyl (C=O) groups excluding carboxylic acids is 1. The van der Waals surface area contributed by atoms with Gasteiger partial charge >= 0.3 is 0 Å². The monoisotopic (exact) mass is 342 g/mol. The van der Waals surface area contributed by atoms with Gasteiger partial charge in [0.2, 0.25) is 0 Å². The highest BCUT2D eigenvalue weighted by Gasteiger charge is 2.42. The first-order valence-corrected chi connectivity index (χ1v) is 8.73. The van der Waals surface area contributed by atoms with E-state index in [1.165, 1.54) is 12.4 Å². The number of nitrogens with one attached hydrogen (secondary N) is 1. The average Bonchev–Trinajstić information content (AvgIpc) is 3.31. The van der Waals surface area contributed by atoms with Crippen molar-refractivity contribution in [1.82, 2.24) is 20.2 Å². The van der Waals surface area contributed by atoms with Crippen molar-refractivity contribution < 1.29 is 13.9 Å². The predicted molar refractivity (Wildman–Crippen MR) is 89.7 cm³/mol. The van der Waals surface area contributed by atoms with E-state index in [1.807, 2.05) is 12.1 Å². The van der Waals surface area contributed by atoms with Gasteiger partial charge in [-0.05, 0) is 25.0 Å². The molecule has 7 heteroatoms. The number of hydrogen-bond acceptors (Lipinski definition) is 6. The Bertz CT molecular complexity index is 692. The van der Waals surface area contributed by atoms with Gasteiger partial charge in [0.15, 0.2) is 0 Å². The van der Waals surface area contributed by atoms with Crippen molar-refractivity contribution >= 4 is 5.91 Å². The molecule has 25 heavy (non-hydrogen) atoms. The van der Waals surface area contributed by atoms with Crippen LogP contribution in [-0.4, -0.2) is 52.6 Å². The van der Waals surface area contributed by atoms with Gasteiger partial charge in [-0.1, -0.05) is 0 Å².